The maximum absolute atomic E-state index is 13.1. The van der Waals surface area contributed by atoms with Crippen LogP contribution in [0.4, 0.5) is 19.3 Å². The third-order valence-electron chi connectivity index (χ3n) is 3.53. The smallest absolute Gasteiger partial charge is 0.319 e. The van der Waals surface area contributed by atoms with Gasteiger partial charge < -0.3 is 21.1 Å². The lowest BCUT2D eigenvalue weighted by Crippen LogP contribution is -2.32. The lowest BCUT2D eigenvalue weighted by molar-refractivity contribution is 0.0956. The second-order valence-electron chi connectivity index (χ2n) is 5.46. The fourth-order valence-electron chi connectivity index (χ4n) is 2.17. The molecule has 0 fully saturated rings. The highest BCUT2D eigenvalue weighted by atomic mass is 19.2. The highest BCUT2D eigenvalue weighted by Crippen LogP contribution is 2.16. The van der Waals surface area contributed by atoms with Gasteiger partial charge in [0.25, 0.3) is 5.91 Å². The summed E-state index contributed by atoms with van der Waals surface area (Å²) in [5, 5.41) is 17.6. The van der Waals surface area contributed by atoms with Gasteiger partial charge in [0.1, 0.15) is 0 Å². The lowest BCUT2D eigenvalue weighted by Gasteiger charge is -2.13. The van der Waals surface area contributed by atoms with Crippen molar-refractivity contribution >= 4 is 17.6 Å². The van der Waals surface area contributed by atoms with Crippen molar-refractivity contribution in [3.63, 3.8) is 0 Å². The normalized spacial score (nSPS) is 11.5. The molecule has 0 aliphatic heterocycles. The van der Waals surface area contributed by atoms with E-state index in [2.05, 4.69) is 16.0 Å². The summed E-state index contributed by atoms with van der Waals surface area (Å²) in [4.78, 5) is 23.5. The van der Waals surface area contributed by atoms with Crippen LogP contribution < -0.4 is 16.0 Å². The van der Waals surface area contributed by atoms with Crippen molar-refractivity contribution in [1.29, 1.82) is 0 Å². The first-order chi connectivity index (χ1) is 12.4. The summed E-state index contributed by atoms with van der Waals surface area (Å²) in [5.41, 5.74) is 1.07. The number of anilines is 1. The quantitative estimate of drug-likeness (QED) is 0.636. The second kappa shape index (κ2) is 8.91. The molecule has 2 rings (SSSR count). The summed E-state index contributed by atoms with van der Waals surface area (Å²) in [5.74, 6) is -2.29. The molecule has 1 unspecified atom stereocenters. The van der Waals surface area contributed by atoms with E-state index in [9.17, 15) is 23.5 Å². The zero-order valence-electron chi connectivity index (χ0n) is 14.1. The Morgan fingerprint density at radius 2 is 1.73 bits per heavy atom. The van der Waals surface area contributed by atoms with E-state index < -0.39 is 23.8 Å². The Hall–Kier alpha value is -3.00. The molecule has 0 aromatic heterocycles. The predicted octanol–water partition coefficient (Wildman–Crippen LogP) is 2.57. The molecule has 0 saturated carbocycles. The van der Waals surface area contributed by atoms with Crippen molar-refractivity contribution < 1.29 is 23.5 Å². The van der Waals surface area contributed by atoms with Crippen LogP contribution >= 0.6 is 0 Å². The van der Waals surface area contributed by atoms with Gasteiger partial charge in [-0.2, -0.15) is 0 Å². The molecule has 0 spiro atoms. The maximum Gasteiger partial charge on any atom is 0.319 e. The zero-order valence-corrected chi connectivity index (χ0v) is 14.1. The van der Waals surface area contributed by atoms with Gasteiger partial charge in [-0.15, -0.1) is 0 Å². The number of urea groups is 1. The van der Waals surface area contributed by atoms with E-state index in [-0.39, 0.29) is 18.0 Å². The van der Waals surface area contributed by atoms with Crippen molar-refractivity contribution in [3.8, 4) is 0 Å². The number of nitrogens with one attached hydrogen (secondary N) is 3. The predicted molar refractivity (Wildman–Crippen MR) is 92.8 cm³/mol. The van der Waals surface area contributed by atoms with E-state index in [1.54, 1.807) is 24.3 Å². The molecule has 0 saturated heterocycles. The molecule has 0 bridgehead atoms. The van der Waals surface area contributed by atoms with E-state index in [0.717, 1.165) is 12.1 Å². The molecule has 2 aromatic carbocycles. The summed E-state index contributed by atoms with van der Waals surface area (Å²) < 4.78 is 26.0. The molecule has 138 valence electrons. The van der Waals surface area contributed by atoms with Crippen LogP contribution in [-0.2, 0) is 0 Å². The van der Waals surface area contributed by atoms with Crippen LogP contribution in [0.25, 0.3) is 0 Å². The summed E-state index contributed by atoms with van der Waals surface area (Å²) in [7, 11) is 0. The van der Waals surface area contributed by atoms with Gasteiger partial charge in [0.2, 0.25) is 0 Å². The number of hydrogen-bond acceptors (Lipinski definition) is 3. The van der Waals surface area contributed by atoms with Crippen LogP contribution in [0.1, 0.15) is 28.9 Å². The molecular formula is C18H19F2N3O3. The Morgan fingerprint density at radius 3 is 2.35 bits per heavy atom. The number of hydrogen-bond donors (Lipinski definition) is 4. The average Bonchev–Trinajstić information content (AvgIpc) is 2.62. The first-order valence-corrected chi connectivity index (χ1v) is 7.96. The topological polar surface area (TPSA) is 90.5 Å². The molecular weight excluding hydrogens is 344 g/mol. The number of halogens is 2. The number of rotatable bonds is 6. The number of benzene rings is 2. The van der Waals surface area contributed by atoms with Gasteiger partial charge in [-0.1, -0.05) is 6.07 Å². The standard InChI is InChI=1S/C18H19F2N3O3/c1-2-21-17(25)11-3-6-13(7-4-11)23-18(26)22-10-16(24)12-5-8-14(19)15(20)9-12/h3-9,16,24H,2,10H2,1H3,(H,21,25)(H2,22,23,26). The Kier molecular flexibility index (Phi) is 6.62. The zero-order chi connectivity index (χ0) is 19.1. The van der Waals surface area contributed by atoms with Crippen molar-refractivity contribution in [2.45, 2.75) is 13.0 Å². The van der Waals surface area contributed by atoms with Crippen LogP contribution in [0.2, 0.25) is 0 Å². The minimum atomic E-state index is -1.18. The van der Waals surface area contributed by atoms with Crippen molar-refractivity contribution in [3.05, 3.63) is 65.2 Å². The van der Waals surface area contributed by atoms with Crippen molar-refractivity contribution in [2.75, 3.05) is 18.4 Å². The molecule has 0 aliphatic rings. The maximum atomic E-state index is 13.1. The Morgan fingerprint density at radius 1 is 1.04 bits per heavy atom. The van der Waals surface area contributed by atoms with Gasteiger partial charge in [0.05, 0.1) is 6.10 Å². The highest BCUT2D eigenvalue weighted by Gasteiger charge is 2.12. The molecule has 6 nitrogen and oxygen atoms in total. The summed E-state index contributed by atoms with van der Waals surface area (Å²) in [6.45, 7) is 2.14. The number of amides is 3. The Bertz CT molecular complexity index is 782. The number of aliphatic hydroxyl groups excluding tert-OH is 1. The van der Waals surface area contributed by atoms with Gasteiger partial charge >= 0.3 is 6.03 Å². The first-order valence-electron chi connectivity index (χ1n) is 7.96. The summed E-state index contributed by atoms with van der Waals surface area (Å²) in [6.07, 6.45) is -1.18. The first kappa shape index (κ1) is 19.3. The molecule has 3 amide bonds. The van der Waals surface area contributed by atoms with Gasteiger partial charge in [-0.05, 0) is 48.9 Å². The van der Waals surface area contributed by atoms with Crippen LogP contribution in [0.3, 0.4) is 0 Å². The number of aliphatic hydroxyl groups is 1. The highest BCUT2D eigenvalue weighted by molar-refractivity contribution is 5.95. The van der Waals surface area contributed by atoms with Gasteiger partial charge in [-0.3, -0.25) is 4.79 Å². The SMILES string of the molecule is CCNC(=O)c1ccc(NC(=O)NCC(O)c2ccc(F)c(F)c2)cc1. The van der Waals surface area contributed by atoms with E-state index in [1.165, 1.54) is 6.07 Å². The number of carbonyl (C=O) groups excluding carboxylic acids is 2. The third-order valence-corrected chi connectivity index (χ3v) is 3.53. The van der Waals surface area contributed by atoms with E-state index in [0.29, 0.717) is 17.8 Å². The van der Waals surface area contributed by atoms with E-state index in [4.69, 9.17) is 0 Å². The molecule has 0 aliphatic carbocycles. The summed E-state index contributed by atoms with van der Waals surface area (Å²) in [6, 6.07) is 8.70. The van der Waals surface area contributed by atoms with Crippen molar-refractivity contribution in [1.82, 2.24) is 10.6 Å². The van der Waals surface area contributed by atoms with Crippen LogP contribution in [0.5, 0.6) is 0 Å². The molecule has 8 heteroatoms. The minimum absolute atomic E-state index is 0.149. The minimum Gasteiger partial charge on any atom is -0.387 e. The van der Waals surface area contributed by atoms with Crippen LogP contribution in [0.15, 0.2) is 42.5 Å². The molecule has 0 radical (unpaired) electrons. The molecule has 4 N–H and O–H groups in total. The molecule has 2 aromatic rings. The molecule has 26 heavy (non-hydrogen) atoms. The van der Waals surface area contributed by atoms with Crippen molar-refractivity contribution in [2.24, 2.45) is 0 Å². The average molecular weight is 363 g/mol. The monoisotopic (exact) mass is 363 g/mol. The van der Waals surface area contributed by atoms with Gasteiger partial charge in [0, 0.05) is 24.3 Å². The van der Waals surface area contributed by atoms with Crippen LogP contribution in [-0.4, -0.2) is 30.1 Å². The van der Waals surface area contributed by atoms with Crippen LogP contribution in [0, 0.1) is 11.6 Å². The number of carbonyl (C=O) groups is 2. The van der Waals surface area contributed by atoms with E-state index >= 15 is 0 Å². The largest absolute Gasteiger partial charge is 0.387 e. The Labute approximate surface area is 149 Å². The van der Waals surface area contributed by atoms with E-state index in [1.807, 2.05) is 6.92 Å². The Balaban J connectivity index is 1.86. The fourth-order valence-corrected chi connectivity index (χ4v) is 2.17. The molecule has 0 heterocycles. The van der Waals surface area contributed by atoms with Gasteiger partial charge in [-0.25, -0.2) is 13.6 Å². The van der Waals surface area contributed by atoms with Gasteiger partial charge in [0.15, 0.2) is 11.6 Å². The molecule has 1 atom stereocenters. The third kappa shape index (κ3) is 5.25. The fraction of sp³-hybridized carbons (Fsp3) is 0.222. The lowest BCUT2D eigenvalue weighted by atomic mass is 10.1. The second-order valence-corrected chi connectivity index (χ2v) is 5.46. The summed E-state index contributed by atoms with van der Waals surface area (Å²) >= 11 is 0.